The number of esters is 3. The van der Waals surface area contributed by atoms with E-state index >= 15 is 0 Å². The zero-order chi connectivity index (χ0) is 22.1. The number of ketones is 1. The van der Waals surface area contributed by atoms with Crippen LogP contribution in [0, 0.1) is 28.6 Å². The number of rotatable bonds is 3. The maximum atomic E-state index is 13.2. The number of hydrogen-bond acceptors (Lipinski definition) is 7. The summed E-state index contributed by atoms with van der Waals surface area (Å²) >= 11 is 0. The fraction of sp³-hybridized carbons (Fsp3) is 0.652. The van der Waals surface area contributed by atoms with Gasteiger partial charge in [-0.15, -0.1) is 0 Å². The van der Waals surface area contributed by atoms with E-state index in [9.17, 15) is 19.2 Å². The Morgan fingerprint density at radius 3 is 2.50 bits per heavy atom. The summed E-state index contributed by atoms with van der Waals surface area (Å²) in [5.74, 6) is -3.09. The third kappa shape index (κ3) is 2.38. The number of ether oxygens (including phenoxy) is 3. The Kier molecular flexibility index (Phi) is 4.53. The van der Waals surface area contributed by atoms with E-state index in [1.807, 2.05) is 6.08 Å². The van der Waals surface area contributed by atoms with Crippen LogP contribution in [0.2, 0.25) is 0 Å². The Bertz CT molecular complexity index is 901. The molecular weight excluding hydrogens is 388 g/mol. The van der Waals surface area contributed by atoms with Gasteiger partial charge in [-0.2, -0.15) is 0 Å². The predicted octanol–water partition coefficient (Wildman–Crippen LogP) is 2.53. The monoisotopic (exact) mass is 416 g/mol. The Labute approximate surface area is 175 Å². The Morgan fingerprint density at radius 2 is 1.90 bits per heavy atom. The van der Waals surface area contributed by atoms with E-state index in [4.69, 9.17) is 14.2 Å². The maximum absolute atomic E-state index is 13.2. The molecule has 0 aromatic carbocycles. The van der Waals surface area contributed by atoms with E-state index in [1.165, 1.54) is 21.1 Å². The van der Waals surface area contributed by atoms with E-state index in [0.29, 0.717) is 25.7 Å². The molecule has 4 aliphatic carbocycles. The SMILES string of the molecule is C=C1C[C@]23C[C@@]1(OC(C)=O)CC[C@H]2C1=CCC(=O)[C@](C)(C(=O)OC)[C@H]1[C@@H]3C(=O)OC. The first-order valence-electron chi connectivity index (χ1n) is 10.3. The highest BCUT2D eigenvalue weighted by atomic mass is 16.6. The van der Waals surface area contributed by atoms with E-state index in [0.717, 1.165) is 11.1 Å². The molecule has 3 fully saturated rings. The topological polar surface area (TPSA) is 96.0 Å². The van der Waals surface area contributed by atoms with Gasteiger partial charge in [-0.05, 0) is 49.5 Å². The number of carbonyl (C=O) groups is 4. The average Bonchev–Trinajstić information content (AvgIpc) is 3.10. The Hall–Kier alpha value is -2.44. The molecule has 0 unspecified atom stereocenters. The first-order valence-corrected chi connectivity index (χ1v) is 10.3. The van der Waals surface area contributed by atoms with Gasteiger partial charge < -0.3 is 14.2 Å². The van der Waals surface area contributed by atoms with Gasteiger partial charge in [0.2, 0.25) is 0 Å². The molecule has 6 atom stereocenters. The molecule has 0 N–H and O–H groups in total. The normalized spacial score (nSPS) is 41.5. The summed E-state index contributed by atoms with van der Waals surface area (Å²) in [4.78, 5) is 50.9. The van der Waals surface area contributed by atoms with Crippen LogP contribution in [0.5, 0.6) is 0 Å². The molecular formula is C23H28O7. The molecule has 4 aliphatic rings. The van der Waals surface area contributed by atoms with E-state index in [2.05, 4.69) is 6.58 Å². The molecule has 0 saturated heterocycles. The zero-order valence-corrected chi connectivity index (χ0v) is 17.9. The second-order valence-corrected chi connectivity index (χ2v) is 9.37. The zero-order valence-electron chi connectivity index (χ0n) is 17.9. The molecule has 2 bridgehead atoms. The van der Waals surface area contributed by atoms with Gasteiger partial charge >= 0.3 is 17.9 Å². The Morgan fingerprint density at radius 1 is 1.20 bits per heavy atom. The van der Waals surface area contributed by atoms with Crippen molar-refractivity contribution in [3.8, 4) is 0 Å². The van der Waals surface area contributed by atoms with E-state index in [1.54, 1.807) is 6.92 Å². The van der Waals surface area contributed by atoms with Crippen LogP contribution >= 0.6 is 0 Å². The van der Waals surface area contributed by atoms with Crippen molar-refractivity contribution < 1.29 is 33.4 Å². The molecule has 1 spiro atoms. The van der Waals surface area contributed by atoms with Crippen molar-refractivity contribution in [1.82, 2.24) is 0 Å². The molecule has 0 radical (unpaired) electrons. The summed E-state index contributed by atoms with van der Waals surface area (Å²) in [5, 5.41) is 0. The number of fused-ring (bicyclic) bond motifs is 3. The summed E-state index contributed by atoms with van der Waals surface area (Å²) in [6.07, 6.45) is 4.26. The molecule has 4 rings (SSSR count). The van der Waals surface area contributed by atoms with E-state index in [-0.39, 0.29) is 24.1 Å². The van der Waals surface area contributed by atoms with Crippen LogP contribution in [0.3, 0.4) is 0 Å². The van der Waals surface area contributed by atoms with Crippen LogP contribution in [0.4, 0.5) is 0 Å². The largest absolute Gasteiger partial charge is 0.469 e. The molecule has 162 valence electrons. The van der Waals surface area contributed by atoms with Crippen molar-refractivity contribution in [1.29, 1.82) is 0 Å². The standard InChI is InChI=1S/C23H28O7/c1-12-10-22-11-23(12,30-13(2)24)9-8-15(22)14-6-7-16(25)21(3,20(27)29-5)17(14)18(22)19(26)28-4/h6,15,17-18H,1,7-11H2,2-5H3/t15-,17+,18+,21-,22-,23-/m0/s1. The van der Waals surface area contributed by atoms with Gasteiger partial charge in [-0.3, -0.25) is 19.2 Å². The maximum Gasteiger partial charge on any atom is 0.319 e. The number of carbonyl (C=O) groups excluding carboxylic acids is 4. The van der Waals surface area contributed by atoms with Gasteiger partial charge in [-0.1, -0.05) is 18.2 Å². The van der Waals surface area contributed by atoms with Gasteiger partial charge in [0.15, 0.2) is 5.78 Å². The van der Waals surface area contributed by atoms with Gasteiger partial charge in [0, 0.05) is 19.3 Å². The van der Waals surface area contributed by atoms with Crippen LogP contribution in [0.25, 0.3) is 0 Å². The average molecular weight is 416 g/mol. The van der Waals surface area contributed by atoms with Crippen molar-refractivity contribution >= 4 is 23.7 Å². The van der Waals surface area contributed by atoms with Crippen molar-refractivity contribution in [2.24, 2.45) is 28.6 Å². The van der Waals surface area contributed by atoms with Crippen molar-refractivity contribution in [3.63, 3.8) is 0 Å². The van der Waals surface area contributed by atoms with Crippen LogP contribution in [-0.2, 0) is 33.4 Å². The third-order valence-corrected chi connectivity index (χ3v) is 8.17. The van der Waals surface area contributed by atoms with Gasteiger partial charge in [0.05, 0.1) is 20.1 Å². The highest BCUT2D eigenvalue weighted by molar-refractivity contribution is 6.06. The van der Waals surface area contributed by atoms with E-state index < -0.39 is 40.2 Å². The predicted molar refractivity (Wildman–Crippen MR) is 105 cm³/mol. The molecule has 0 amide bonds. The summed E-state index contributed by atoms with van der Waals surface area (Å²) in [6, 6.07) is 0. The highest BCUT2D eigenvalue weighted by Gasteiger charge is 2.74. The molecule has 3 saturated carbocycles. The van der Waals surface area contributed by atoms with Gasteiger partial charge in [-0.25, -0.2) is 0 Å². The molecule has 0 heterocycles. The molecule has 30 heavy (non-hydrogen) atoms. The number of Topliss-reactive ketones (excluding diaryl/α,β-unsaturated/α-hetero) is 1. The minimum Gasteiger partial charge on any atom is -0.469 e. The van der Waals surface area contributed by atoms with Crippen LogP contribution in [-0.4, -0.2) is 43.5 Å². The van der Waals surface area contributed by atoms with Gasteiger partial charge in [0.25, 0.3) is 0 Å². The minimum atomic E-state index is -1.46. The molecule has 7 heteroatoms. The first-order chi connectivity index (χ1) is 14.1. The lowest BCUT2D eigenvalue weighted by molar-refractivity contribution is -0.167. The lowest BCUT2D eigenvalue weighted by Gasteiger charge is -2.43. The van der Waals surface area contributed by atoms with Crippen molar-refractivity contribution in [2.45, 2.75) is 51.6 Å². The first kappa shape index (κ1) is 20.8. The Balaban J connectivity index is 1.91. The molecule has 0 aromatic rings. The van der Waals surface area contributed by atoms with Crippen molar-refractivity contribution in [2.75, 3.05) is 14.2 Å². The summed E-state index contributed by atoms with van der Waals surface area (Å²) < 4.78 is 16.0. The fourth-order valence-corrected chi connectivity index (χ4v) is 7.05. The van der Waals surface area contributed by atoms with Gasteiger partial charge in [0.1, 0.15) is 11.0 Å². The quantitative estimate of drug-likeness (QED) is 0.302. The molecule has 7 nitrogen and oxygen atoms in total. The number of hydrogen-bond donors (Lipinski definition) is 0. The van der Waals surface area contributed by atoms with Crippen molar-refractivity contribution in [3.05, 3.63) is 23.8 Å². The van der Waals surface area contributed by atoms with Crippen LogP contribution in [0.15, 0.2) is 23.8 Å². The third-order valence-electron chi connectivity index (χ3n) is 8.17. The molecule has 0 aliphatic heterocycles. The van der Waals surface area contributed by atoms with Crippen LogP contribution in [0.1, 0.15) is 46.0 Å². The second-order valence-electron chi connectivity index (χ2n) is 9.37. The summed E-state index contributed by atoms with van der Waals surface area (Å²) in [6.45, 7) is 7.17. The van der Waals surface area contributed by atoms with Crippen LogP contribution < -0.4 is 0 Å². The summed E-state index contributed by atoms with van der Waals surface area (Å²) in [7, 11) is 2.58. The fourth-order valence-electron chi connectivity index (χ4n) is 7.05. The number of methoxy groups -OCH3 is 2. The lowest BCUT2D eigenvalue weighted by Crippen LogP contribution is -2.51. The lowest BCUT2D eigenvalue weighted by atomic mass is 9.61. The number of allylic oxidation sites excluding steroid dienone is 2. The minimum absolute atomic E-state index is 0.00776. The smallest absolute Gasteiger partial charge is 0.319 e. The highest BCUT2D eigenvalue weighted by Crippen LogP contribution is 2.73. The second kappa shape index (κ2) is 6.53. The summed E-state index contributed by atoms with van der Waals surface area (Å²) in [5.41, 5.74) is -1.12. The molecule has 0 aromatic heterocycles.